The fraction of sp³-hybridized carbons (Fsp3) is 0.278. The molecule has 0 fully saturated rings. The molecule has 3 N–H and O–H groups in total. The molecule has 122 valence electrons. The van der Waals surface area contributed by atoms with Gasteiger partial charge in [-0.05, 0) is 35.7 Å². The molecule has 0 aliphatic heterocycles. The standard InChI is InChI=1S/C18H21FN2O2/c1-2-5-13-6-3-4-7-16(13)21-18(23)20-12-17(22)14-8-10-15(19)11-9-14/h3-4,6-11,17,22H,2,5,12H2,1H3,(H2,20,21,23). The monoisotopic (exact) mass is 316 g/mol. The minimum atomic E-state index is -0.882. The molecule has 0 saturated heterocycles. The zero-order valence-electron chi connectivity index (χ0n) is 13.1. The Kier molecular flexibility index (Phi) is 6.11. The summed E-state index contributed by atoms with van der Waals surface area (Å²) in [5.41, 5.74) is 2.39. The first-order chi connectivity index (χ1) is 11.1. The quantitative estimate of drug-likeness (QED) is 0.762. The van der Waals surface area contributed by atoms with Gasteiger partial charge in [-0.3, -0.25) is 0 Å². The minimum Gasteiger partial charge on any atom is -0.387 e. The average molecular weight is 316 g/mol. The maximum Gasteiger partial charge on any atom is 0.319 e. The summed E-state index contributed by atoms with van der Waals surface area (Å²) < 4.78 is 12.8. The Labute approximate surface area is 135 Å². The molecule has 2 aromatic rings. The third-order valence-electron chi connectivity index (χ3n) is 3.50. The van der Waals surface area contributed by atoms with E-state index in [0.29, 0.717) is 5.56 Å². The third kappa shape index (κ3) is 5.07. The Hall–Kier alpha value is -2.40. The Morgan fingerprint density at radius 3 is 2.57 bits per heavy atom. The number of nitrogens with one attached hydrogen (secondary N) is 2. The van der Waals surface area contributed by atoms with Gasteiger partial charge in [-0.15, -0.1) is 0 Å². The molecule has 1 atom stereocenters. The fourth-order valence-electron chi connectivity index (χ4n) is 2.29. The summed E-state index contributed by atoms with van der Waals surface area (Å²) in [5.74, 6) is -0.362. The van der Waals surface area contributed by atoms with Crippen molar-refractivity contribution in [1.82, 2.24) is 5.32 Å². The predicted molar refractivity (Wildman–Crippen MR) is 88.8 cm³/mol. The molecule has 0 bridgehead atoms. The lowest BCUT2D eigenvalue weighted by atomic mass is 10.1. The number of hydrogen-bond donors (Lipinski definition) is 3. The molecular weight excluding hydrogens is 295 g/mol. The summed E-state index contributed by atoms with van der Waals surface area (Å²) in [4.78, 5) is 12.0. The van der Waals surface area contributed by atoms with Gasteiger partial charge < -0.3 is 15.7 Å². The van der Waals surface area contributed by atoms with Crippen molar-refractivity contribution >= 4 is 11.7 Å². The van der Waals surface area contributed by atoms with Crippen LogP contribution in [-0.4, -0.2) is 17.7 Å². The topological polar surface area (TPSA) is 61.4 Å². The van der Waals surface area contributed by atoms with Crippen molar-refractivity contribution in [3.05, 3.63) is 65.5 Å². The summed E-state index contributed by atoms with van der Waals surface area (Å²) in [6.45, 7) is 2.13. The zero-order valence-corrected chi connectivity index (χ0v) is 13.1. The van der Waals surface area contributed by atoms with Crippen LogP contribution in [0.15, 0.2) is 48.5 Å². The smallest absolute Gasteiger partial charge is 0.319 e. The highest BCUT2D eigenvalue weighted by Crippen LogP contribution is 2.17. The van der Waals surface area contributed by atoms with Crippen molar-refractivity contribution in [1.29, 1.82) is 0 Å². The van der Waals surface area contributed by atoms with Gasteiger partial charge in [0.25, 0.3) is 0 Å². The largest absolute Gasteiger partial charge is 0.387 e. The molecule has 4 nitrogen and oxygen atoms in total. The highest BCUT2D eigenvalue weighted by atomic mass is 19.1. The molecule has 0 heterocycles. The summed E-state index contributed by atoms with van der Waals surface area (Å²) in [5, 5.41) is 15.4. The first kappa shape index (κ1) is 17.0. The summed E-state index contributed by atoms with van der Waals surface area (Å²) in [6, 6.07) is 12.8. The van der Waals surface area contributed by atoms with Gasteiger partial charge in [-0.1, -0.05) is 43.7 Å². The molecule has 0 aromatic heterocycles. The number of halogens is 1. The van der Waals surface area contributed by atoms with Gasteiger partial charge in [0.2, 0.25) is 0 Å². The van der Waals surface area contributed by atoms with Crippen molar-refractivity contribution in [3.8, 4) is 0 Å². The van der Waals surface area contributed by atoms with Gasteiger partial charge in [-0.2, -0.15) is 0 Å². The van der Waals surface area contributed by atoms with Gasteiger partial charge in [-0.25, -0.2) is 9.18 Å². The average Bonchev–Trinajstić information content (AvgIpc) is 2.55. The number of para-hydroxylation sites is 1. The van der Waals surface area contributed by atoms with Gasteiger partial charge in [0.05, 0.1) is 6.10 Å². The Morgan fingerprint density at radius 2 is 1.87 bits per heavy atom. The van der Waals surface area contributed by atoms with Crippen molar-refractivity contribution in [2.24, 2.45) is 0 Å². The predicted octanol–water partition coefficient (Wildman–Crippen LogP) is 3.63. The fourth-order valence-corrected chi connectivity index (χ4v) is 2.29. The number of anilines is 1. The molecule has 0 spiro atoms. The number of benzene rings is 2. The van der Waals surface area contributed by atoms with Crippen LogP contribution in [0.5, 0.6) is 0 Å². The molecule has 0 aliphatic carbocycles. The van der Waals surface area contributed by atoms with Gasteiger partial charge >= 0.3 is 6.03 Å². The van der Waals surface area contributed by atoms with E-state index in [2.05, 4.69) is 17.6 Å². The van der Waals surface area contributed by atoms with E-state index in [1.807, 2.05) is 24.3 Å². The Bertz CT molecular complexity index is 644. The molecule has 2 rings (SSSR count). The SMILES string of the molecule is CCCc1ccccc1NC(=O)NCC(O)c1ccc(F)cc1. The molecule has 0 saturated carbocycles. The van der Waals surface area contributed by atoms with Crippen molar-refractivity contribution in [3.63, 3.8) is 0 Å². The summed E-state index contributed by atoms with van der Waals surface area (Å²) in [6.07, 6.45) is 0.991. The van der Waals surface area contributed by atoms with E-state index >= 15 is 0 Å². The van der Waals surface area contributed by atoms with Crippen LogP contribution in [-0.2, 0) is 6.42 Å². The number of amides is 2. The first-order valence-corrected chi connectivity index (χ1v) is 7.66. The molecule has 1 unspecified atom stereocenters. The van der Waals surface area contributed by atoms with E-state index in [0.717, 1.165) is 24.1 Å². The third-order valence-corrected chi connectivity index (χ3v) is 3.50. The van der Waals surface area contributed by atoms with Crippen LogP contribution < -0.4 is 10.6 Å². The maximum atomic E-state index is 12.8. The lowest BCUT2D eigenvalue weighted by molar-refractivity contribution is 0.175. The van der Waals surface area contributed by atoms with Gasteiger partial charge in [0, 0.05) is 12.2 Å². The molecule has 0 aliphatic rings. The van der Waals surface area contributed by atoms with Crippen LogP contribution in [0.4, 0.5) is 14.9 Å². The van der Waals surface area contributed by atoms with Crippen LogP contribution in [0.2, 0.25) is 0 Å². The number of rotatable bonds is 6. The number of aliphatic hydroxyl groups is 1. The molecule has 0 radical (unpaired) electrons. The summed E-state index contributed by atoms with van der Waals surface area (Å²) in [7, 11) is 0. The van der Waals surface area contributed by atoms with Crippen molar-refractivity contribution < 1.29 is 14.3 Å². The van der Waals surface area contributed by atoms with E-state index in [-0.39, 0.29) is 18.4 Å². The first-order valence-electron chi connectivity index (χ1n) is 7.66. The highest BCUT2D eigenvalue weighted by Gasteiger charge is 2.10. The van der Waals surface area contributed by atoms with E-state index in [4.69, 9.17) is 0 Å². The number of urea groups is 1. The zero-order chi connectivity index (χ0) is 16.7. The lowest BCUT2D eigenvalue weighted by Crippen LogP contribution is -2.32. The number of carbonyl (C=O) groups excluding carboxylic acids is 1. The molecule has 23 heavy (non-hydrogen) atoms. The van der Waals surface area contributed by atoms with Crippen LogP contribution in [0.3, 0.4) is 0 Å². The highest BCUT2D eigenvalue weighted by molar-refractivity contribution is 5.90. The number of aryl methyl sites for hydroxylation is 1. The summed E-state index contributed by atoms with van der Waals surface area (Å²) >= 11 is 0. The normalized spacial score (nSPS) is 11.8. The van der Waals surface area contributed by atoms with Crippen LogP contribution in [0.25, 0.3) is 0 Å². The second-order valence-electron chi connectivity index (χ2n) is 5.31. The maximum absolute atomic E-state index is 12.8. The lowest BCUT2D eigenvalue weighted by Gasteiger charge is -2.14. The second kappa shape index (κ2) is 8.29. The number of carbonyl (C=O) groups is 1. The number of aliphatic hydroxyl groups excluding tert-OH is 1. The van der Waals surface area contributed by atoms with E-state index in [1.165, 1.54) is 24.3 Å². The molecule has 2 aromatic carbocycles. The van der Waals surface area contributed by atoms with Crippen LogP contribution in [0, 0.1) is 5.82 Å². The minimum absolute atomic E-state index is 0.0490. The van der Waals surface area contributed by atoms with Crippen molar-refractivity contribution in [2.75, 3.05) is 11.9 Å². The Balaban J connectivity index is 1.89. The second-order valence-corrected chi connectivity index (χ2v) is 5.31. The molecule has 2 amide bonds. The van der Waals surface area contributed by atoms with E-state index in [9.17, 15) is 14.3 Å². The molecular formula is C18H21FN2O2. The van der Waals surface area contributed by atoms with Gasteiger partial charge in [0.15, 0.2) is 0 Å². The molecule has 5 heteroatoms. The van der Waals surface area contributed by atoms with Gasteiger partial charge in [0.1, 0.15) is 5.82 Å². The van der Waals surface area contributed by atoms with E-state index in [1.54, 1.807) is 0 Å². The van der Waals surface area contributed by atoms with Crippen LogP contribution in [0.1, 0.15) is 30.6 Å². The van der Waals surface area contributed by atoms with Crippen LogP contribution >= 0.6 is 0 Å². The van der Waals surface area contributed by atoms with Crippen molar-refractivity contribution in [2.45, 2.75) is 25.9 Å². The van der Waals surface area contributed by atoms with E-state index < -0.39 is 6.10 Å². The number of hydrogen-bond acceptors (Lipinski definition) is 2. The Morgan fingerprint density at radius 1 is 1.17 bits per heavy atom.